The van der Waals surface area contributed by atoms with E-state index < -0.39 is 0 Å². The lowest BCUT2D eigenvalue weighted by Crippen LogP contribution is -2.34. The molecule has 3 rings (SSSR count). The summed E-state index contributed by atoms with van der Waals surface area (Å²) in [5.41, 5.74) is 4.31. The maximum atomic E-state index is 12.6. The number of carbonyl (C=O) groups excluding carboxylic acids is 1. The number of hydrogen-bond acceptors (Lipinski definition) is 3. The van der Waals surface area contributed by atoms with Gasteiger partial charge in [-0.1, -0.05) is 43.3 Å². The zero-order chi connectivity index (χ0) is 19.9. The van der Waals surface area contributed by atoms with E-state index in [1.54, 1.807) is 6.20 Å². The maximum absolute atomic E-state index is 12.6. The van der Waals surface area contributed by atoms with Crippen LogP contribution >= 0.6 is 0 Å². The Morgan fingerprint density at radius 2 is 1.75 bits per heavy atom. The van der Waals surface area contributed by atoms with E-state index in [9.17, 15) is 4.79 Å². The summed E-state index contributed by atoms with van der Waals surface area (Å²) in [4.78, 5) is 14.7. The number of benzene rings is 2. The van der Waals surface area contributed by atoms with E-state index in [1.807, 2.05) is 55.3 Å². The van der Waals surface area contributed by atoms with Crippen LogP contribution < -0.4 is 5.32 Å². The third-order valence-corrected chi connectivity index (χ3v) is 4.97. The van der Waals surface area contributed by atoms with Gasteiger partial charge in [-0.05, 0) is 55.4 Å². The van der Waals surface area contributed by atoms with E-state index >= 15 is 0 Å². The second kappa shape index (κ2) is 9.33. The molecule has 0 aliphatic rings. The van der Waals surface area contributed by atoms with Gasteiger partial charge in [0.2, 0.25) is 0 Å². The monoisotopic (exact) mass is 376 g/mol. The second-order valence-corrected chi connectivity index (χ2v) is 7.19. The normalized spacial score (nSPS) is 12.1. The molecule has 0 aliphatic heterocycles. The van der Waals surface area contributed by atoms with Crippen molar-refractivity contribution in [1.82, 2.24) is 20.0 Å². The minimum Gasteiger partial charge on any atom is -0.350 e. The number of rotatable bonds is 8. The first-order chi connectivity index (χ1) is 13.6. The Balaban J connectivity index is 1.60. The zero-order valence-corrected chi connectivity index (χ0v) is 16.8. The van der Waals surface area contributed by atoms with Crippen LogP contribution in [0, 0.1) is 0 Å². The van der Waals surface area contributed by atoms with E-state index in [-0.39, 0.29) is 11.9 Å². The van der Waals surface area contributed by atoms with Crippen LogP contribution in [0.15, 0.2) is 67.0 Å². The van der Waals surface area contributed by atoms with Crippen molar-refractivity contribution < 1.29 is 4.79 Å². The van der Waals surface area contributed by atoms with Gasteiger partial charge in [0.25, 0.3) is 5.91 Å². The average Bonchev–Trinajstić information content (AvgIpc) is 3.22. The van der Waals surface area contributed by atoms with E-state index in [0.29, 0.717) is 18.7 Å². The molecule has 1 N–H and O–H groups in total. The third-order valence-electron chi connectivity index (χ3n) is 4.97. The molecule has 146 valence electrons. The van der Waals surface area contributed by atoms with Crippen molar-refractivity contribution in [3.8, 4) is 0 Å². The molecule has 5 heteroatoms. The topological polar surface area (TPSA) is 50.2 Å². The van der Waals surface area contributed by atoms with E-state index in [1.165, 1.54) is 11.1 Å². The lowest BCUT2D eigenvalue weighted by molar-refractivity contribution is 0.0942. The Morgan fingerprint density at radius 1 is 1.07 bits per heavy atom. The first-order valence-electron chi connectivity index (χ1n) is 9.66. The quantitative estimate of drug-likeness (QED) is 0.654. The number of nitrogens with zero attached hydrogens (tertiary/aromatic N) is 3. The first-order valence-corrected chi connectivity index (χ1v) is 9.66. The summed E-state index contributed by atoms with van der Waals surface area (Å²) in [6, 6.07) is 18.3. The minimum atomic E-state index is -0.0531. The molecule has 0 bridgehead atoms. The van der Waals surface area contributed by atoms with Gasteiger partial charge in [0.1, 0.15) is 0 Å². The van der Waals surface area contributed by atoms with Gasteiger partial charge >= 0.3 is 0 Å². The Kier molecular flexibility index (Phi) is 6.61. The molecule has 1 amide bonds. The highest BCUT2D eigenvalue weighted by atomic mass is 16.1. The number of hydrogen-bond donors (Lipinski definition) is 1. The minimum absolute atomic E-state index is 0.0531. The van der Waals surface area contributed by atoms with Crippen LogP contribution in [0.4, 0.5) is 0 Å². The Bertz CT molecular complexity index is 868. The number of amides is 1. The van der Waals surface area contributed by atoms with Crippen molar-refractivity contribution in [3.63, 3.8) is 0 Å². The molecule has 0 saturated carbocycles. The molecular weight excluding hydrogens is 348 g/mol. The van der Waals surface area contributed by atoms with Crippen molar-refractivity contribution in [3.05, 3.63) is 89.2 Å². The highest BCUT2D eigenvalue weighted by Gasteiger charge is 2.16. The Labute approximate surface area is 167 Å². The lowest BCUT2D eigenvalue weighted by atomic mass is 10.0. The van der Waals surface area contributed by atoms with Crippen molar-refractivity contribution in [2.24, 2.45) is 0 Å². The van der Waals surface area contributed by atoms with E-state index in [0.717, 1.165) is 12.0 Å². The largest absolute Gasteiger partial charge is 0.350 e. The van der Waals surface area contributed by atoms with Crippen molar-refractivity contribution in [2.75, 3.05) is 20.6 Å². The number of carbonyl (C=O) groups is 1. The smallest absolute Gasteiger partial charge is 0.251 e. The third kappa shape index (κ3) is 5.08. The van der Waals surface area contributed by atoms with Gasteiger partial charge in [0.05, 0.1) is 12.6 Å². The van der Waals surface area contributed by atoms with Gasteiger partial charge in [0, 0.05) is 24.5 Å². The number of likely N-dealkylation sites (N-methyl/N-ethyl adjacent to an activating group) is 1. The van der Waals surface area contributed by atoms with E-state index in [4.69, 9.17) is 0 Å². The van der Waals surface area contributed by atoms with Crippen molar-refractivity contribution in [1.29, 1.82) is 0 Å². The van der Waals surface area contributed by atoms with Crippen LogP contribution in [-0.4, -0.2) is 41.2 Å². The molecule has 0 aliphatic carbocycles. The number of nitrogens with one attached hydrogen (secondary N) is 1. The van der Waals surface area contributed by atoms with Crippen LogP contribution in [0.1, 0.15) is 40.0 Å². The Morgan fingerprint density at radius 3 is 2.32 bits per heavy atom. The molecule has 1 aromatic heterocycles. The fraction of sp³-hybridized carbons (Fsp3) is 0.304. The van der Waals surface area contributed by atoms with Gasteiger partial charge in [-0.25, -0.2) is 0 Å². The molecular formula is C23H28N4O. The fourth-order valence-electron chi connectivity index (χ4n) is 3.21. The van der Waals surface area contributed by atoms with Crippen molar-refractivity contribution >= 4 is 5.91 Å². The zero-order valence-electron chi connectivity index (χ0n) is 16.8. The highest BCUT2D eigenvalue weighted by molar-refractivity contribution is 5.94. The molecule has 2 aromatic carbocycles. The maximum Gasteiger partial charge on any atom is 0.251 e. The van der Waals surface area contributed by atoms with Gasteiger partial charge in [0.15, 0.2) is 0 Å². The van der Waals surface area contributed by atoms with Crippen LogP contribution in [0.3, 0.4) is 0 Å². The molecule has 28 heavy (non-hydrogen) atoms. The summed E-state index contributed by atoms with van der Waals surface area (Å²) in [6.07, 6.45) is 4.72. The van der Waals surface area contributed by atoms with Gasteiger partial charge < -0.3 is 10.2 Å². The predicted molar refractivity (Wildman–Crippen MR) is 112 cm³/mol. The van der Waals surface area contributed by atoms with Gasteiger partial charge in [-0.3, -0.25) is 9.48 Å². The molecule has 3 aromatic rings. The fourth-order valence-corrected chi connectivity index (χ4v) is 3.21. The lowest BCUT2D eigenvalue weighted by Gasteiger charge is -2.25. The van der Waals surface area contributed by atoms with E-state index in [2.05, 4.69) is 46.5 Å². The van der Waals surface area contributed by atoms with Crippen LogP contribution in [0.5, 0.6) is 0 Å². The van der Waals surface area contributed by atoms with Gasteiger partial charge in [-0.2, -0.15) is 5.10 Å². The van der Waals surface area contributed by atoms with Gasteiger partial charge in [-0.15, -0.1) is 0 Å². The summed E-state index contributed by atoms with van der Waals surface area (Å²) >= 11 is 0. The van der Waals surface area contributed by atoms with Crippen molar-refractivity contribution in [2.45, 2.75) is 25.9 Å². The second-order valence-electron chi connectivity index (χ2n) is 7.19. The summed E-state index contributed by atoms with van der Waals surface area (Å²) in [5, 5.41) is 7.28. The predicted octanol–water partition coefficient (Wildman–Crippen LogP) is 3.53. The average molecular weight is 377 g/mol. The molecule has 0 radical (unpaired) electrons. The van der Waals surface area contributed by atoms with Crippen LogP contribution in [-0.2, 0) is 13.0 Å². The highest BCUT2D eigenvalue weighted by Crippen LogP contribution is 2.18. The molecule has 1 atom stereocenters. The summed E-state index contributed by atoms with van der Waals surface area (Å²) in [5.74, 6) is -0.0531. The Hall–Kier alpha value is -2.92. The summed E-state index contributed by atoms with van der Waals surface area (Å²) in [6.45, 7) is 3.41. The first kappa shape index (κ1) is 19.8. The number of aryl methyl sites for hydroxylation is 1. The van der Waals surface area contributed by atoms with Crippen LogP contribution in [0.25, 0.3) is 0 Å². The van der Waals surface area contributed by atoms with Crippen LogP contribution in [0.2, 0.25) is 0 Å². The summed E-state index contributed by atoms with van der Waals surface area (Å²) in [7, 11) is 4.07. The SMILES string of the molecule is CCc1ccc(C(CNC(=O)c2ccc(Cn3cccn3)cc2)N(C)C)cc1. The summed E-state index contributed by atoms with van der Waals surface area (Å²) < 4.78 is 1.86. The molecule has 1 unspecified atom stereocenters. The molecule has 0 saturated heterocycles. The molecule has 1 heterocycles. The standard InChI is InChI=1S/C23H28N4O/c1-4-18-6-10-20(11-7-18)22(26(2)3)16-24-23(28)21-12-8-19(9-13-21)17-27-15-5-14-25-27/h5-15,22H,4,16-17H2,1-3H3,(H,24,28). The molecule has 5 nitrogen and oxygen atoms in total. The molecule has 0 spiro atoms. The number of aromatic nitrogens is 2. The molecule has 0 fully saturated rings.